The maximum atomic E-state index is 12.5. The zero-order valence-electron chi connectivity index (χ0n) is 13.8. The number of nitrogens with one attached hydrogen (secondary N) is 2. The van der Waals surface area contributed by atoms with Crippen LogP contribution in [0.1, 0.15) is 10.4 Å². The van der Waals surface area contributed by atoms with Crippen molar-refractivity contribution in [3.8, 4) is 0 Å². The number of carbonyl (C=O) groups is 1. The number of carbonyl (C=O) groups excluding carboxylic acids is 1. The SMILES string of the molecule is O=C(Nc1ccc(Cl)cc1)c1ccc(NS(=O)(=O)c2ccccc2Br)cc1. The molecule has 0 spiro atoms. The molecule has 3 aromatic rings. The molecule has 138 valence electrons. The Morgan fingerprint density at radius 3 is 2.07 bits per heavy atom. The van der Waals surface area contributed by atoms with E-state index < -0.39 is 10.0 Å². The van der Waals surface area contributed by atoms with Crippen LogP contribution in [-0.4, -0.2) is 14.3 Å². The molecule has 0 aromatic heterocycles. The third kappa shape index (κ3) is 4.88. The third-order valence-electron chi connectivity index (χ3n) is 3.63. The van der Waals surface area contributed by atoms with E-state index in [4.69, 9.17) is 11.6 Å². The average Bonchev–Trinajstić information content (AvgIpc) is 2.64. The number of sulfonamides is 1. The Kier molecular flexibility index (Phi) is 5.84. The van der Waals surface area contributed by atoms with Crippen molar-refractivity contribution in [1.29, 1.82) is 0 Å². The van der Waals surface area contributed by atoms with Crippen molar-refractivity contribution in [3.05, 3.63) is 87.9 Å². The second-order valence-electron chi connectivity index (χ2n) is 5.57. The minimum absolute atomic E-state index is 0.134. The van der Waals surface area contributed by atoms with Crippen molar-refractivity contribution in [2.45, 2.75) is 4.90 Å². The smallest absolute Gasteiger partial charge is 0.263 e. The lowest BCUT2D eigenvalue weighted by atomic mass is 10.2. The molecule has 5 nitrogen and oxygen atoms in total. The number of benzene rings is 3. The number of hydrogen-bond donors (Lipinski definition) is 2. The molecular formula is C19H14BrClN2O3S. The second kappa shape index (κ2) is 8.12. The number of halogens is 2. The molecule has 2 N–H and O–H groups in total. The first-order chi connectivity index (χ1) is 12.8. The molecule has 0 bridgehead atoms. The topological polar surface area (TPSA) is 75.3 Å². The van der Waals surface area contributed by atoms with E-state index in [1.165, 1.54) is 18.2 Å². The number of hydrogen-bond acceptors (Lipinski definition) is 3. The lowest BCUT2D eigenvalue weighted by Gasteiger charge is -2.10. The molecule has 0 saturated heterocycles. The van der Waals surface area contributed by atoms with Gasteiger partial charge in [0.25, 0.3) is 15.9 Å². The van der Waals surface area contributed by atoms with Gasteiger partial charge in [-0.15, -0.1) is 0 Å². The van der Waals surface area contributed by atoms with Crippen LogP contribution in [0.25, 0.3) is 0 Å². The Labute approximate surface area is 170 Å². The fourth-order valence-electron chi connectivity index (χ4n) is 2.30. The van der Waals surface area contributed by atoms with E-state index in [0.717, 1.165) is 0 Å². The minimum atomic E-state index is -3.74. The molecule has 0 aliphatic heterocycles. The molecule has 3 rings (SSSR count). The van der Waals surface area contributed by atoms with Crippen LogP contribution in [0, 0.1) is 0 Å². The van der Waals surface area contributed by atoms with E-state index in [1.54, 1.807) is 54.6 Å². The molecule has 8 heteroatoms. The molecule has 3 aromatic carbocycles. The van der Waals surface area contributed by atoms with Crippen molar-refractivity contribution in [2.75, 3.05) is 10.0 Å². The molecule has 0 unspecified atom stereocenters. The molecular weight excluding hydrogens is 452 g/mol. The van der Waals surface area contributed by atoms with E-state index >= 15 is 0 Å². The van der Waals surface area contributed by atoms with Crippen LogP contribution in [0.15, 0.2) is 82.2 Å². The maximum Gasteiger partial charge on any atom is 0.263 e. The van der Waals surface area contributed by atoms with Gasteiger partial charge in [0.15, 0.2) is 0 Å². The highest BCUT2D eigenvalue weighted by Gasteiger charge is 2.17. The van der Waals surface area contributed by atoms with Gasteiger partial charge < -0.3 is 5.32 Å². The molecule has 0 heterocycles. The Morgan fingerprint density at radius 2 is 1.44 bits per heavy atom. The first kappa shape index (κ1) is 19.4. The monoisotopic (exact) mass is 464 g/mol. The fraction of sp³-hybridized carbons (Fsp3) is 0. The molecule has 1 amide bonds. The lowest BCUT2D eigenvalue weighted by molar-refractivity contribution is 0.102. The van der Waals surface area contributed by atoms with Crippen LogP contribution in [0.3, 0.4) is 0 Å². The van der Waals surface area contributed by atoms with Gasteiger partial charge in [-0.25, -0.2) is 8.42 Å². The van der Waals surface area contributed by atoms with Crippen LogP contribution in [0.5, 0.6) is 0 Å². The summed E-state index contributed by atoms with van der Waals surface area (Å²) in [6, 6.07) is 19.4. The fourth-order valence-corrected chi connectivity index (χ4v) is 4.49. The van der Waals surface area contributed by atoms with E-state index in [9.17, 15) is 13.2 Å². The van der Waals surface area contributed by atoms with E-state index in [2.05, 4.69) is 26.0 Å². The Morgan fingerprint density at radius 1 is 0.852 bits per heavy atom. The van der Waals surface area contributed by atoms with Gasteiger partial charge in [0, 0.05) is 26.4 Å². The van der Waals surface area contributed by atoms with Crippen molar-refractivity contribution in [1.82, 2.24) is 0 Å². The number of rotatable bonds is 5. The Bertz CT molecular complexity index is 1070. The lowest BCUT2D eigenvalue weighted by Crippen LogP contribution is -2.14. The van der Waals surface area contributed by atoms with Crippen LogP contribution in [-0.2, 0) is 10.0 Å². The molecule has 27 heavy (non-hydrogen) atoms. The van der Waals surface area contributed by atoms with Crippen LogP contribution < -0.4 is 10.0 Å². The van der Waals surface area contributed by atoms with E-state index in [-0.39, 0.29) is 10.8 Å². The molecule has 0 saturated carbocycles. The third-order valence-corrected chi connectivity index (χ3v) is 6.27. The summed E-state index contributed by atoms with van der Waals surface area (Å²) in [6.45, 7) is 0. The molecule has 0 aliphatic carbocycles. The highest BCUT2D eigenvalue weighted by molar-refractivity contribution is 9.10. The average molecular weight is 466 g/mol. The van der Waals surface area contributed by atoms with E-state index in [0.29, 0.717) is 26.4 Å². The standard InChI is InChI=1S/C19H14BrClN2O3S/c20-17-3-1-2-4-18(17)27(25,26)23-16-9-5-13(6-10-16)19(24)22-15-11-7-14(21)8-12-15/h1-12,23H,(H,22,24). The van der Waals surface area contributed by atoms with Gasteiger partial charge in [-0.3, -0.25) is 9.52 Å². The van der Waals surface area contributed by atoms with Crippen LogP contribution in [0.4, 0.5) is 11.4 Å². The summed E-state index contributed by atoms with van der Waals surface area (Å²) in [7, 11) is -3.74. The predicted octanol–water partition coefficient (Wildman–Crippen LogP) is 5.16. The summed E-state index contributed by atoms with van der Waals surface area (Å²) in [4.78, 5) is 12.4. The molecule has 0 fully saturated rings. The van der Waals surface area contributed by atoms with Crippen LogP contribution in [0.2, 0.25) is 5.02 Å². The normalized spacial score (nSPS) is 11.0. The van der Waals surface area contributed by atoms with Gasteiger partial charge in [-0.2, -0.15) is 0 Å². The van der Waals surface area contributed by atoms with Crippen molar-refractivity contribution < 1.29 is 13.2 Å². The largest absolute Gasteiger partial charge is 0.322 e. The molecule has 0 aliphatic rings. The summed E-state index contributed by atoms with van der Waals surface area (Å²) >= 11 is 9.05. The van der Waals surface area contributed by atoms with Gasteiger partial charge >= 0.3 is 0 Å². The van der Waals surface area contributed by atoms with Crippen molar-refractivity contribution in [2.24, 2.45) is 0 Å². The Balaban J connectivity index is 1.72. The van der Waals surface area contributed by atoms with Gasteiger partial charge in [0.05, 0.1) is 0 Å². The molecule has 0 radical (unpaired) electrons. The minimum Gasteiger partial charge on any atom is -0.322 e. The molecule has 0 atom stereocenters. The predicted molar refractivity (Wildman–Crippen MR) is 111 cm³/mol. The summed E-state index contributed by atoms with van der Waals surface area (Å²) in [5.74, 6) is -0.308. The van der Waals surface area contributed by atoms with Gasteiger partial charge in [0.2, 0.25) is 0 Å². The summed E-state index contributed by atoms with van der Waals surface area (Å²) in [6.07, 6.45) is 0. The zero-order valence-corrected chi connectivity index (χ0v) is 17.0. The highest BCUT2D eigenvalue weighted by Crippen LogP contribution is 2.24. The van der Waals surface area contributed by atoms with Gasteiger partial charge in [-0.05, 0) is 76.6 Å². The first-order valence-corrected chi connectivity index (χ1v) is 10.4. The summed E-state index contributed by atoms with van der Waals surface area (Å²) < 4.78 is 27.9. The zero-order chi connectivity index (χ0) is 19.4. The van der Waals surface area contributed by atoms with Gasteiger partial charge in [-0.1, -0.05) is 23.7 Å². The van der Waals surface area contributed by atoms with Crippen LogP contribution >= 0.6 is 27.5 Å². The van der Waals surface area contributed by atoms with Crippen molar-refractivity contribution in [3.63, 3.8) is 0 Å². The first-order valence-electron chi connectivity index (χ1n) is 7.79. The summed E-state index contributed by atoms with van der Waals surface area (Å²) in [5, 5.41) is 3.32. The number of anilines is 2. The highest BCUT2D eigenvalue weighted by atomic mass is 79.9. The summed E-state index contributed by atoms with van der Waals surface area (Å²) in [5.41, 5.74) is 1.37. The Hall–Kier alpha value is -2.35. The van der Waals surface area contributed by atoms with Crippen molar-refractivity contribution >= 4 is 54.8 Å². The van der Waals surface area contributed by atoms with Gasteiger partial charge in [0.1, 0.15) is 4.90 Å². The second-order valence-corrected chi connectivity index (χ2v) is 8.52. The number of amides is 1. The van der Waals surface area contributed by atoms with E-state index in [1.807, 2.05) is 0 Å². The maximum absolute atomic E-state index is 12.5. The quantitative estimate of drug-likeness (QED) is 0.547.